The first kappa shape index (κ1) is 12.0. The van der Waals surface area contributed by atoms with Crippen LogP contribution in [0.15, 0.2) is 30.3 Å². The van der Waals surface area contributed by atoms with Gasteiger partial charge in [-0.2, -0.15) is 0 Å². The third-order valence-corrected chi connectivity index (χ3v) is 3.10. The topological polar surface area (TPSA) is 75.3 Å². The molecule has 4 N–H and O–H groups in total. The molecular weight excluding hydrogens is 212 g/mol. The first-order valence-electron chi connectivity index (χ1n) is 4.57. The maximum Gasteiger partial charge on any atom is 0.251 e. The van der Waals surface area contributed by atoms with Gasteiger partial charge < -0.3 is 5.11 Å². The van der Waals surface area contributed by atoms with Crippen molar-refractivity contribution >= 4 is 17.7 Å². The first-order chi connectivity index (χ1) is 7.29. The smallest absolute Gasteiger partial charge is 0.251 e. The maximum absolute atomic E-state index is 11.5. The van der Waals surface area contributed by atoms with Crippen LogP contribution in [0.2, 0.25) is 0 Å². The van der Waals surface area contributed by atoms with Gasteiger partial charge in [0.15, 0.2) is 0 Å². The Morgan fingerprint density at radius 2 is 2.13 bits per heavy atom. The summed E-state index contributed by atoms with van der Waals surface area (Å²) in [5.74, 6) is 5.36. The number of carbonyl (C=O) groups is 1. The second-order valence-corrected chi connectivity index (χ2v) is 4.11. The van der Waals surface area contributed by atoms with Gasteiger partial charge in [-0.15, -0.1) is 11.8 Å². The molecule has 4 nitrogen and oxygen atoms in total. The Morgan fingerprint density at radius 3 is 2.67 bits per heavy atom. The van der Waals surface area contributed by atoms with Crippen LogP contribution in [-0.4, -0.2) is 23.4 Å². The summed E-state index contributed by atoms with van der Waals surface area (Å²) in [6.45, 7) is 0.0475. The summed E-state index contributed by atoms with van der Waals surface area (Å²) in [6, 6.07) is 9.35. The van der Waals surface area contributed by atoms with Crippen LogP contribution < -0.4 is 11.3 Å². The molecule has 0 heterocycles. The van der Waals surface area contributed by atoms with Crippen molar-refractivity contribution in [2.24, 2.45) is 5.84 Å². The predicted octanol–water partition coefficient (Wildman–Crippen LogP) is 0.443. The molecule has 1 rings (SSSR count). The number of nitrogens with one attached hydrogen (secondary N) is 1. The van der Waals surface area contributed by atoms with Gasteiger partial charge >= 0.3 is 0 Å². The lowest BCUT2D eigenvalue weighted by Gasteiger charge is -2.14. The highest BCUT2D eigenvalue weighted by atomic mass is 32.2. The summed E-state index contributed by atoms with van der Waals surface area (Å²) in [5.41, 5.74) is 3.02. The Bertz CT molecular complexity index is 306. The van der Waals surface area contributed by atoms with Crippen molar-refractivity contribution in [2.75, 3.05) is 12.4 Å². The van der Waals surface area contributed by atoms with Crippen molar-refractivity contribution in [3.8, 4) is 0 Å². The van der Waals surface area contributed by atoms with Gasteiger partial charge in [-0.1, -0.05) is 30.3 Å². The minimum absolute atomic E-state index is 0.0475. The third kappa shape index (κ3) is 3.54. The van der Waals surface area contributed by atoms with Crippen LogP contribution in [-0.2, 0) is 4.79 Å². The Labute approximate surface area is 92.8 Å². The van der Waals surface area contributed by atoms with E-state index in [2.05, 4.69) is 5.43 Å². The van der Waals surface area contributed by atoms with E-state index < -0.39 is 0 Å². The molecule has 5 heteroatoms. The first-order valence-corrected chi connectivity index (χ1v) is 5.62. The Balaban J connectivity index is 2.76. The summed E-state index contributed by atoms with van der Waals surface area (Å²) in [7, 11) is 0. The molecule has 0 bridgehead atoms. The van der Waals surface area contributed by atoms with Crippen LogP contribution in [0.25, 0.3) is 0 Å². The number of aliphatic hydroxyl groups is 1. The van der Waals surface area contributed by atoms with Gasteiger partial charge in [-0.3, -0.25) is 10.2 Å². The lowest BCUT2D eigenvalue weighted by Crippen LogP contribution is -2.33. The third-order valence-electron chi connectivity index (χ3n) is 1.86. The Hall–Kier alpha value is -1.04. The highest BCUT2D eigenvalue weighted by Crippen LogP contribution is 2.28. The Kier molecular flexibility index (Phi) is 5.17. The summed E-state index contributed by atoms with van der Waals surface area (Å²) in [5, 5.41) is 8.37. The molecule has 0 spiro atoms. The quantitative estimate of drug-likeness (QED) is 0.387. The van der Waals surface area contributed by atoms with Crippen LogP contribution in [0.5, 0.6) is 0 Å². The molecule has 1 aromatic carbocycles. The number of amides is 1. The second-order valence-electron chi connectivity index (χ2n) is 2.89. The van der Waals surface area contributed by atoms with E-state index in [1.54, 1.807) is 0 Å². The van der Waals surface area contributed by atoms with Crippen LogP contribution in [0, 0.1) is 0 Å². The second kappa shape index (κ2) is 6.44. The zero-order valence-electron chi connectivity index (χ0n) is 8.22. The standard InChI is InChI=1S/C10H14N2O2S/c11-12-10(14)9(15-7-6-13)8-4-2-1-3-5-8/h1-5,9,13H,6-7,11H2,(H,12,14). The fraction of sp³-hybridized carbons (Fsp3) is 0.300. The fourth-order valence-corrected chi connectivity index (χ4v) is 2.11. The monoisotopic (exact) mass is 226 g/mol. The number of hydrazine groups is 1. The van der Waals surface area contributed by atoms with E-state index in [0.717, 1.165) is 5.56 Å². The lowest BCUT2D eigenvalue weighted by atomic mass is 10.1. The zero-order valence-corrected chi connectivity index (χ0v) is 9.04. The molecule has 0 saturated carbocycles. The molecule has 0 saturated heterocycles. The minimum atomic E-state index is -0.358. The Morgan fingerprint density at radius 1 is 1.47 bits per heavy atom. The van der Waals surface area contributed by atoms with Crippen molar-refractivity contribution in [3.63, 3.8) is 0 Å². The van der Waals surface area contributed by atoms with Crippen molar-refractivity contribution < 1.29 is 9.90 Å². The van der Waals surface area contributed by atoms with E-state index in [1.807, 2.05) is 30.3 Å². The van der Waals surface area contributed by atoms with Crippen LogP contribution >= 0.6 is 11.8 Å². The summed E-state index contributed by atoms with van der Waals surface area (Å²) >= 11 is 1.37. The molecule has 0 aliphatic carbocycles. The van der Waals surface area contributed by atoms with Gasteiger partial charge in [0.1, 0.15) is 5.25 Å². The minimum Gasteiger partial charge on any atom is -0.396 e. The number of benzene rings is 1. The van der Waals surface area contributed by atoms with Gasteiger partial charge in [0.2, 0.25) is 0 Å². The largest absolute Gasteiger partial charge is 0.396 e. The average Bonchev–Trinajstić information content (AvgIpc) is 2.30. The normalized spacial score (nSPS) is 12.1. The van der Waals surface area contributed by atoms with Crippen molar-refractivity contribution in [3.05, 3.63) is 35.9 Å². The molecule has 1 amide bonds. The van der Waals surface area contributed by atoms with Gasteiger partial charge in [0.25, 0.3) is 5.91 Å². The van der Waals surface area contributed by atoms with E-state index in [0.29, 0.717) is 5.75 Å². The molecule has 1 aromatic rings. The molecule has 0 aliphatic rings. The molecule has 1 atom stereocenters. The number of aliphatic hydroxyl groups excluding tert-OH is 1. The maximum atomic E-state index is 11.5. The average molecular weight is 226 g/mol. The van der Waals surface area contributed by atoms with Crippen molar-refractivity contribution in [1.29, 1.82) is 0 Å². The zero-order chi connectivity index (χ0) is 11.1. The van der Waals surface area contributed by atoms with Crippen molar-refractivity contribution in [2.45, 2.75) is 5.25 Å². The van der Waals surface area contributed by atoms with Gasteiger partial charge in [-0.05, 0) is 5.56 Å². The number of carbonyl (C=O) groups excluding carboxylic acids is 1. The number of rotatable bonds is 5. The van der Waals surface area contributed by atoms with Crippen LogP contribution in [0.4, 0.5) is 0 Å². The number of hydrogen-bond acceptors (Lipinski definition) is 4. The van der Waals surface area contributed by atoms with E-state index in [-0.39, 0.29) is 17.8 Å². The molecule has 15 heavy (non-hydrogen) atoms. The van der Waals surface area contributed by atoms with E-state index in [4.69, 9.17) is 10.9 Å². The summed E-state index contributed by atoms with van der Waals surface area (Å²) in [4.78, 5) is 11.5. The van der Waals surface area contributed by atoms with Gasteiger partial charge in [-0.25, -0.2) is 5.84 Å². The van der Waals surface area contributed by atoms with Crippen molar-refractivity contribution in [1.82, 2.24) is 5.43 Å². The number of hydrogen-bond donors (Lipinski definition) is 3. The van der Waals surface area contributed by atoms with E-state index in [1.165, 1.54) is 11.8 Å². The molecule has 1 unspecified atom stereocenters. The summed E-state index contributed by atoms with van der Waals surface area (Å²) in [6.07, 6.45) is 0. The molecule has 0 radical (unpaired) electrons. The predicted molar refractivity (Wildman–Crippen MR) is 61.1 cm³/mol. The van der Waals surface area contributed by atoms with Crippen LogP contribution in [0.3, 0.4) is 0 Å². The molecular formula is C10H14N2O2S. The number of thioether (sulfide) groups is 1. The molecule has 0 aliphatic heterocycles. The van der Waals surface area contributed by atoms with Gasteiger partial charge in [0.05, 0.1) is 6.61 Å². The fourth-order valence-electron chi connectivity index (χ4n) is 1.20. The SMILES string of the molecule is NNC(=O)C(SCCO)c1ccccc1. The van der Waals surface area contributed by atoms with Crippen LogP contribution in [0.1, 0.15) is 10.8 Å². The van der Waals surface area contributed by atoms with E-state index >= 15 is 0 Å². The highest BCUT2D eigenvalue weighted by molar-refractivity contribution is 8.00. The molecule has 82 valence electrons. The highest BCUT2D eigenvalue weighted by Gasteiger charge is 2.19. The number of nitrogens with two attached hydrogens (primary N) is 1. The molecule has 0 fully saturated rings. The summed E-state index contributed by atoms with van der Waals surface area (Å²) < 4.78 is 0. The lowest BCUT2D eigenvalue weighted by molar-refractivity contribution is -0.120. The van der Waals surface area contributed by atoms with E-state index in [9.17, 15) is 4.79 Å². The van der Waals surface area contributed by atoms with Gasteiger partial charge in [0, 0.05) is 5.75 Å². The molecule has 0 aromatic heterocycles.